The second kappa shape index (κ2) is 8.72. The molecule has 1 aliphatic rings. The Kier molecular flexibility index (Phi) is 6.65. The Bertz CT molecular complexity index is 704. The zero-order chi connectivity index (χ0) is 16.1. The van der Waals surface area contributed by atoms with Gasteiger partial charge in [-0.2, -0.15) is 0 Å². The lowest BCUT2D eigenvalue weighted by Gasteiger charge is -2.12. The second-order valence-corrected chi connectivity index (χ2v) is 5.27. The van der Waals surface area contributed by atoms with E-state index < -0.39 is 0 Å². The van der Waals surface area contributed by atoms with Crippen molar-refractivity contribution in [1.29, 1.82) is 0 Å². The number of fused-ring (bicyclic) bond motifs is 1. The fourth-order valence-electron chi connectivity index (χ4n) is 2.25. The third-order valence-electron chi connectivity index (χ3n) is 3.55. The molecule has 3 rings (SSSR count). The molecule has 0 spiro atoms. The molecule has 0 saturated heterocycles. The van der Waals surface area contributed by atoms with Gasteiger partial charge in [-0.1, -0.05) is 12.1 Å². The summed E-state index contributed by atoms with van der Waals surface area (Å²) in [5.74, 6) is 2.32. The van der Waals surface area contributed by atoms with Crippen LogP contribution >= 0.6 is 24.0 Å². The minimum Gasteiger partial charge on any atom is -0.454 e. The van der Waals surface area contributed by atoms with Gasteiger partial charge in [0, 0.05) is 32.0 Å². The van der Waals surface area contributed by atoms with Crippen molar-refractivity contribution >= 4 is 29.9 Å². The predicted octanol–water partition coefficient (Wildman–Crippen LogP) is 2.60. The maximum absolute atomic E-state index is 5.38. The molecule has 0 unspecified atom stereocenters. The summed E-state index contributed by atoms with van der Waals surface area (Å²) in [6.07, 6.45) is 1.87. The number of nitrogens with one attached hydrogen (secondary N) is 2. The molecule has 128 valence electrons. The van der Waals surface area contributed by atoms with E-state index in [9.17, 15) is 0 Å². The van der Waals surface area contributed by atoms with E-state index in [4.69, 9.17) is 9.47 Å². The SMILES string of the molecule is CN=C(NCc1ccc(C)nc1)NCc1ccc2c(c1)OCO2.I. The van der Waals surface area contributed by atoms with E-state index >= 15 is 0 Å². The Morgan fingerprint density at radius 2 is 1.79 bits per heavy atom. The van der Waals surface area contributed by atoms with Crippen molar-refractivity contribution in [1.82, 2.24) is 15.6 Å². The van der Waals surface area contributed by atoms with Crippen LogP contribution in [-0.4, -0.2) is 24.8 Å². The molecule has 0 fully saturated rings. The highest BCUT2D eigenvalue weighted by molar-refractivity contribution is 14.0. The van der Waals surface area contributed by atoms with Crippen LogP contribution in [0.3, 0.4) is 0 Å². The molecule has 0 atom stereocenters. The molecule has 0 saturated carbocycles. The molecule has 1 aromatic carbocycles. The third-order valence-corrected chi connectivity index (χ3v) is 3.55. The molecule has 6 nitrogen and oxygen atoms in total. The number of ether oxygens (including phenoxy) is 2. The van der Waals surface area contributed by atoms with E-state index in [-0.39, 0.29) is 24.0 Å². The maximum atomic E-state index is 5.38. The van der Waals surface area contributed by atoms with Crippen molar-refractivity contribution in [3.8, 4) is 11.5 Å². The molecule has 2 aromatic rings. The fourth-order valence-corrected chi connectivity index (χ4v) is 2.25. The van der Waals surface area contributed by atoms with Crippen LogP contribution in [0.2, 0.25) is 0 Å². The summed E-state index contributed by atoms with van der Waals surface area (Å²) in [6.45, 7) is 3.60. The van der Waals surface area contributed by atoms with Gasteiger partial charge in [0.15, 0.2) is 17.5 Å². The van der Waals surface area contributed by atoms with E-state index in [2.05, 4.69) is 26.7 Å². The van der Waals surface area contributed by atoms with Crippen LogP contribution in [0.4, 0.5) is 0 Å². The first kappa shape index (κ1) is 18.3. The van der Waals surface area contributed by atoms with E-state index in [1.54, 1.807) is 7.05 Å². The van der Waals surface area contributed by atoms with Crippen molar-refractivity contribution in [3.63, 3.8) is 0 Å². The van der Waals surface area contributed by atoms with E-state index in [0.29, 0.717) is 19.9 Å². The highest BCUT2D eigenvalue weighted by atomic mass is 127. The number of pyridine rings is 1. The monoisotopic (exact) mass is 440 g/mol. The lowest BCUT2D eigenvalue weighted by Crippen LogP contribution is -2.36. The predicted molar refractivity (Wildman–Crippen MR) is 104 cm³/mol. The van der Waals surface area contributed by atoms with Crippen LogP contribution in [0, 0.1) is 6.92 Å². The second-order valence-electron chi connectivity index (χ2n) is 5.27. The van der Waals surface area contributed by atoms with E-state index in [0.717, 1.165) is 34.3 Å². The van der Waals surface area contributed by atoms with Crippen LogP contribution in [0.25, 0.3) is 0 Å². The number of benzene rings is 1. The van der Waals surface area contributed by atoms with Crippen LogP contribution in [0.1, 0.15) is 16.8 Å². The first-order chi connectivity index (χ1) is 11.2. The number of halogens is 1. The lowest BCUT2D eigenvalue weighted by atomic mass is 10.2. The zero-order valence-electron chi connectivity index (χ0n) is 13.7. The summed E-state index contributed by atoms with van der Waals surface area (Å²) >= 11 is 0. The molecule has 7 heteroatoms. The molecule has 0 aliphatic carbocycles. The zero-order valence-corrected chi connectivity index (χ0v) is 16.0. The summed E-state index contributed by atoms with van der Waals surface area (Å²) in [5, 5.41) is 6.55. The Morgan fingerprint density at radius 1 is 1.08 bits per heavy atom. The minimum absolute atomic E-state index is 0. The van der Waals surface area contributed by atoms with Crippen molar-refractivity contribution in [3.05, 3.63) is 53.3 Å². The highest BCUT2D eigenvalue weighted by Gasteiger charge is 2.13. The number of nitrogens with zero attached hydrogens (tertiary/aromatic N) is 2. The molecule has 2 heterocycles. The molecule has 24 heavy (non-hydrogen) atoms. The van der Waals surface area contributed by atoms with Crippen molar-refractivity contribution < 1.29 is 9.47 Å². The van der Waals surface area contributed by atoms with E-state index in [1.165, 1.54) is 0 Å². The number of hydrogen-bond donors (Lipinski definition) is 2. The van der Waals surface area contributed by atoms with Gasteiger partial charge in [0.25, 0.3) is 0 Å². The Morgan fingerprint density at radius 3 is 2.50 bits per heavy atom. The minimum atomic E-state index is 0. The van der Waals surface area contributed by atoms with Gasteiger partial charge in [0.1, 0.15) is 0 Å². The van der Waals surface area contributed by atoms with Gasteiger partial charge in [-0.05, 0) is 36.2 Å². The summed E-state index contributed by atoms with van der Waals surface area (Å²) in [5.41, 5.74) is 3.23. The first-order valence-corrected chi connectivity index (χ1v) is 7.49. The van der Waals surface area contributed by atoms with Crippen LogP contribution in [0.5, 0.6) is 11.5 Å². The summed E-state index contributed by atoms with van der Waals surface area (Å²) < 4.78 is 10.7. The number of guanidine groups is 1. The van der Waals surface area contributed by atoms with Gasteiger partial charge >= 0.3 is 0 Å². The molecule has 0 amide bonds. The summed E-state index contributed by atoms with van der Waals surface area (Å²) in [4.78, 5) is 8.51. The normalized spacial score (nSPS) is 12.5. The molecule has 2 N–H and O–H groups in total. The maximum Gasteiger partial charge on any atom is 0.231 e. The number of aryl methyl sites for hydroxylation is 1. The summed E-state index contributed by atoms with van der Waals surface area (Å²) in [7, 11) is 1.75. The lowest BCUT2D eigenvalue weighted by molar-refractivity contribution is 0.174. The molecular weight excluding hydrogens is 419 g/mol. The number of aromatic nitrogens is 1. The molecule has 0 bridgehead atoms. The molecule has 0 radical (unpaired) electrons. The highest BCUT2D eigenvalue weighted by Crippen LogP contribution is 2.32. The average Bonchev–Trinajstić information content (AvgIpc) is 3.04. The Balaban J connectivity index is 0.00000208. The average molecular weight is 440 g/mol. The van der Waals surface area contributed by atoms with Crippen LogP contribution in [0.15, 0.2) is 41.5 Å². The Labute approximate surface area is 158 Å². The standard InChI is InChI=1S/C17H20N4O2.HI/c1-12-3-4-14(9-19-12)10-21-17(18-2)20-8-13-5-6-15-16(7-13)23-11-22-15;/h3-7,9H,8,10-11H2,1-2H3,(H2,18,20,21);1H. The smallest absolute Gasteiger partial charge is 0.231 e. The number of hydrogen-bond acceptors (Lipinski definition) is 4. The Hall–Kier alpha value is -2.03. The quantitative estimate of drug-likeness (QED) is 0.435. The van der Waals surface area contributed by atoms with Gasteiger partial charge in [-0.3, -0.25) is 9.98 Å². The van der Waals surface area contributed by atoms with Gasteiger partial charge in [0.05, 0.1) is 0 Å². The van der Waals surface area contributed by atoms with Crippen LogP contribution < -0.4 is 20.1 Å². The van der Waals surface area contributed by atoms with Crippen molar-refractivity contribution in [2.75, 3.05) is 13.8 Å². The van der Waals surface area contributed by atoms with Gasteiger partial charge < -0.3 is 20.1 Å². The van der Waals surface area contributed by atoms with E-state index in [1.807, 2.05) is 37.4 Å². The van der Waals surface area contributed by atoms with Crippen LogP contribution in [-0.2, 0) is 13.1 Å². The van der Waals surface area contributed by atoms with Gasteiger partial charge in [-0.25, -0.2) is 0 Å². The largest absolute Gasteiger partial charge is 0.454 e. The van der Waals surface area contributed by atoms with Crippen molar-refractivity contribution in [2.45, 2.75) is 20.0 Å². The summed E-state index contributed by atoms with van der Waals surface area (Å²) in [6, 6.07) is 9.97. The van der Waals surface area contributed by atoms with Gasteiger partial charge in [0.2, 0.25) is 6.79 Å². The number of aliphatic imine (C=N–C) groups is 1. The first-order valence-electron chi connectivity index (χ1n) is 7.49. The third kappa shape index (κ3) is 4.73. The molecule has 1 aliphatic heterocycles. The van der Waals surface area contributed by atoms with Gasteiger partial charge in [-0.15, -0.1) is 24.0 Å². The number of rotatable bonds is 4. The molecular formula is C17H21IN4O2. The molecule has 1 aromatic heterocycles. The topological polar surface area (TPSA) is 67.8 Å². The fraction of sp³-hybridized carbons (Fsp3) is 0.294. The van der Waals surface area contributed by atoms with Crippen molar-refractivity contribution in [2.24, 2.45) is 4.99 Å².